The Morgan fingerprint density at radius 3 is 2.73 bits per heavy atom. The van der Waals surface area contributed by atoms with Crippen molar-refractivity contribution in [1.29, 1.82) is 0 Å². The Bertz CT molecular complexity index is 632. The number of carbonyl (C=O) groups is 1. The van der Waals surface area contributed by atoms with Gasteiger partial charge in [0.2, 0.25) is 5.91 Å². The van der Waals surface area contributed by atoms with Crippen molar-refractivity contribution in [3.63, 3.8) is 0 Å². The molecule has 1 atom stereocenters. The number of ether oxygens (including phenoxy) is 1. The quantitative estimate of drug-likeness (QED) is 0.892. The monoisotopic (exact) mass is 302 g/mol. The molecule has 2 aromatic rings. The first-order valence-electron chi connectivity index (χ1n) is 7.12. The van der Waals surface area contributed by atoms with Crippen LogP contribution >= 0.6 is 0 Å². The summed E-state index contributed by atoms with van der Waals surface area (Å²) in [4.78, 5) is 15.9. The fraction of sp³-hybridized carbons (Fsp3) is 0.294. The third-order valence-electron chi connectivity index (χ3n) is 3.47. The van der Waals surface area contributed by atoms with Crippen LogP contribution in [0.2, 0.25) is 0 Å². The highest BCUT2D eigenvalue weighted by Gasteiger charge is 2.12. The van der Waals surface area contributed by atoms with E-state index in [1.54, 1.807) is 30.6 Å². The molecule has 0 unspecified atom stereocenters. The van der Waals surface area contributed by atoms with E-state index in [1.165, 1.54) is 7.11 Å². The zero-order chi connectivity index (χ0) is 15.9. The summed E-state index contributed by atoms with van der Waals surface area (Å²) in [5.41, 5.74) is 1.46. The first kappa shape index (κ1) is 15.9. The molecule has 2 rings (SSSR count). The van der Waals surface area contributed by atoms with E-state index in [4.69, 9.17) is 4.74 Å². The van der Waals surface area contributed by atoms with Crippen LogP contribution in [0.5, 0.6) is 5.75 Å². The van der Waals surface area contributed by atoms with Gasteiger partial charge < -0.3 is 10.1 Å². The summed E-state index contributed by atoms with van der Waals surface area (Å²) in [5.74, 6) is -0.324. The molecule has 0 aliphatic rings. The van der Waals surface area contributed by atoms with Crippen molar-refractivity contribution in [3.05, 3.63) is 59.7 Å². The first-order chi connectivity index (χ1) is 10.6. The Hall–Kier alpha value is -2.43. The van der Waals surface area contributed by atoms with Gasteiger partial charge in [-0.05, 0) is 42.7 Å². The molecule has 1 N–H and O–H groups in total. The van der Waals surface area contributed by atoms with Gasteiger partial charge in [-0.2, -0.15) is 0 Å². The fourth-order valence-electron chi connectivity index (χ4n) is 2.20. The number of rotatable bonds is 6. The number of aryl methyl sites for hydroxylation is 1. The van der Waals surface area contributed by atoms with Crippen LogP contribution in [-0.2, 0) is 11.2 Å². The normalized spacial score (nSPS) is 11.8. The molecule has 0 bridgehead atoms. The Morgan fingerprint density at radius 2 is 2.05 bits per heavy atom. The van der Waals surface area contributed by atoms with Crippen molar-refractivity contribution >= 4 is 5.91 Å². The number of amides is 1. The zero-order valence-electron chi connectivity index (χ0n) is 12.7. The number of aromatic nitrogens is 1. The van der Waals surface area contributed by atoms with Crippen LogP contribution < -0.4 is 10.1 Å². The van der Waals surface area contributed by atoms with E-state index >= 15 is 0 Å². The van der Waals surface area contributed by atoms with Crippen molar-refractivity contribution < 1.29 is 13.9 Å². The molecule has 0 saturated carbocycles. The van der Waals surface area contributed by atoms with Gasteiger partial charge in [0.25, 0.3) is 0 Å². The minimum absolute atomic E-state index is 0.106. The van der Waals surface area contributed by atoms with Gasteiger partial charge in [0.15, 0.2) is 11.6 Å². The topological polar surface area (TPSA) is 51.2 Å². The van der Waals surface area contributed by atoms with Crippen LogP contribution in [-0.4, -0.2) is 18.0 Å². The second-order valence-corrected chi connectivity index (χ2v) is 5.00. The predicted molar refractivity (Wildman–Crippen MR) is 82.1 cm³/mol. The summed E-state index contributed by atoms with van der Waals surface area (Å²) < 4.78 is 18.9. The molecular formula is C17H19FN2O2. The van der Waals surface area contributed by atoms with Crippen molar-refractivity contribution in [2.45, 2.75) is 25.8 Å². The van der Waals surface area contributed by atoms with Crippen LogP contribution in [0.25, 0.3) is 0 Å². The van der Waals surface area contributed by atoms with Crippen LogP contribution in [0, 0.1) is 5.82 Å². The molecule has 0 radical (unpaired) electrons. The number of benzene rings is 1. The number of nitrogens with zero attached hydrogens (tertiary/aromatic N) is 1. The van der Waals surface area contributed by atoms with Gasteiger partial charge in [-0.15, -0.1) is 0 Å². The van der Waals surface area contributed by atoms with E-state index < -0.39 is 5.82 Å². The summed E-state index contributed by atoms with van der Waals surface area (Å²) in [5, 5.41) is 2.89. The molecule has 116 valence electrons. The molecule has 1 amide bonds. The maximum atomic E-state index is 14.0. The molecule has 1 aromatic heterocycles. The largest absolute Gasteiger partial charge is 0.494 e. The lowest BCUT2D eigenvalue weighted by Crippen LogP contribution is -2.26. The lowest BCUT2D eigenvalue weighted by atomic mass is 10.1. The predicted octanol–water partition coefficient (Wildman–Crippen LogP) is 3.04. The van der Waals surface area contributed by atoms with Gasteiger partial charge in [-0.3, -0.25) is 9.78 Å². The summed E-state index contributed by atoms with van der Waals surface area (Å²) in [6.45, 7) is 1.90. The zero-order valence-corrected chi connectivity index (χ0v) is 12.7. The van der Waals surface area contributed by atoms with Crippen molar-refractivity contribution in [2.24, 2.45) is 0 Å². The Balaban J connectivity index is 1.91. The molecule has 0 saturated heterocycles. The number of methoxy groups -OCH3 is 1. The molecule has 5 heteroatoms. The second-order valence-electron chi connectivity index (χ2n) is 5.00. The van der Waals surface area contributed by atoms with E-state index in [9.17, 15) is 9.18 Å². The highest BCUT2D eigenvalue weighted by Crippen LogP contribution is 2.21. The molecule has 4 nitrogen and oxygen atoms in total. The standard InChI is InChI=1S/C17H19FN2O2/c1-12(13-8-10-19-11-9-13)20-16(21)7-6-14-4-3-5-15(22-2)17(14)18/h3-5,8-12H,6-7H2,1-2H3,(H,20,21)/t12-/m0/s1. The van der Waals surface area contributed by atoms with Gasteiger partial charge in [0.05, 0.1) is 13.2 Å². The van der Waals surface area contributed by atoms with E-state index in [1.807, 2.05) is 19.1 Å². The van der Waals surface area contributed by atoms with E-state index in [0.717, 1.165) is 5.56 Å². The Morgan fingerprint density at radius 1 is 1.32 bits per heavy atom. The number of pyridine rings is 1. The minimum Gasteiger partial charge on any atom is -0.494 e. The highest BCUT2D eigenvalue weighted by molar-refractivity contribution is 5.76. The second kappa shape index (κ2) is 7.54. The lowest BCUT2D eigenvalue weighted by molar-refractivity contribution is -0.121. The number of nitrogens with one attached hydrogen (secondary N) is 1. The van der Waals surface area contributed by atoms with Crippen molar-refractivity contribution in [2.75, 3.05) is 7.11 Å². The number of halogens is 1. The molecule has 22 heavy (non-hydrogen) atoms. The van der Waals surface area contributed by atoms with Gasteiger partial charge in [0, 0.05) is 18.8 Å². The molecule has 0 aliphatic heterocycles. The van der Waals surface area contributed by atoms with Gasteiger partial charge in [-0.25, -0.2) is 4.39 Å². The Labute approximate surface area is 129 Å². The van der Waals surface area contributed by atoms with Gasteiger partial charge in [0.1, 0.15) is 0 Å². The minimum atomic E-state index is -0.403. The molecule has 1 heterocycles. The van der Waals surface area contributed by atoms with Gasteiger partial charge in [-0.1, -0.05) is 12.1 Å². The number of carbonyl (C=O) groups excluding carboxylic acids is 1. The molecule has 0 aliphatic carbocycles. The third kappa shape index (κ3) is 4.04. The summed E-state index contributed by atoms with van der Waals surface area (Å²) >= 11 is 0. The maximum Gasteiger partial charge on any atom is 0.220 e. The van der Waals surface area contributed by atoms with Crippen molar-refractivity contribution in [3.8, 4) is 5.75 Å². The van der Waals surface area contributed by atoms with E-state index in [0.29, 0.717) is 12.0 Å². The van der Waals surface area contributed by atoms with Gasteiger partial charge >= 0.3 is 0 Å². The number of hydrogen-bond donors (Lipinski definition) is 1. The summed E-state index contributed by atoms with van der Waals surface area (Å²) in [6.07, 6.45) is 3.92. The van der Waals surface area contributed by atoms with Crippen LogP contribution in [0.3, 0.4) is 0 Å². The molecule has 0 fully saturated rings. The SMILES string of the molecule is COc1cccc(CCC(=O)N[C@@H](C)c2ccncc2)c1F. The first-order valence-corrected chi connectivity index (χ1v) is 7.12. The summed E-state index contributed by atoms with van der Waals surface area (Å²) in [7, 11) is 1.42. The lowest BCUT2D eigenvalue weighted by Gasteiger charge is -2.14. The molecular weight excluding hydrogens is 283 g/mol. The van der Waals surface area contributed by atoms with E-state index in [2.05, 4.69) is 10.3 Å². The van der Waals surface area contributed by atoms with Crippen molar-refractivity contribution in [1.82, 2.24) is 10.3 Å². The summed E-state index contributed by atoms with van der Waals surface area (Å²) in [6, 6.07) is 8.54. The Kier molecular flexibility index (Phi) is 5.47. The molecule has 0 spiro atoms. The number of hydrogen-bond acceptors (Lipinski definition) is 3. The van der Waals surface area contributed by atoms with E-state index in [-0.39, 0.29) is 24.1 Å². The average molecular weight is 302 g/mol. The van der Waals surface area contributed by atoms with Crippen LogP contribution in [0.15, 0.2) is 42.7 Å². The maximum absolute atomic E-state index is 14.0. The third-order valence-corrected chi connectivity index (χ3v) is 3.47. The average Bonchev–Trinajstić information content (AvgIpc) is 2.54. The highest BCUT2D eigenvalue weighted by atomic mass is 19.1. The van der Waals surface area contributed by atoms with Crippen LogP contribution in [0.4, 0.5) is 4.39 Å². The fourth-order valence-corrected chi connectivity index (χ4v) is 2.20. The smallest absolute Gasteiger partial charge is 0.220 e. The molecule has 1 aromatic carbocycles. The van der Waals surface area contributed by atoms with Crippen LogP contribution in [0.1, 0.15) is 30.5 Å².